The Balaban J connectivity index is 2.88. The van der Waals surface area contributed by atoms with Crippen LogP contribution in [0.25, 0.3) is 10.4 Å². The predicted molar refractivity (Wildman–Crippen MR) is 95.9 cm³/mol. The summed E-state index contributed by atoms with van der Waals surface area (Å²) in [7, 11) is 0. The van der Waals surface area contributed by atoms with Crippen LogP contribution in [0.15, 0.2) is 39.4 Å². The van der Waals surface area contributed by atoms with E-state index in [0.717, 1.165) is 0 Å². The van der Waals surface area contributed by atoms with Gasteiger partial charge in [-0.15, -0.1) is 0 Å². The zero-order chi connectivity index (χ0) is 20.6. The van der Waals surface area contributed by atoms with Crippen molar-refractivity contribution in [2.75, 3.05) is 0 Å². The highest BCUT2D eigenvalue weighted by molar-refractivity contribution is 9.10. The molecule has 2 atom stereocenters. The molecule has 144 valence electrons. The number of nitrogens with zero attached hydrogens (tertiary/aromatic N) is 3. The van der Waals surface area contributed by atoms with Crippen molar-refractivity contribution in [2.24, 2.45) is 10.5 Å². The maximum absolute atomic E-state index is 14.4. The zero-order valence-electron chi connectivity index (χ0n) is 14.4. The zero-order valence-corrected chi connectivity index (χ0v) is 16.0. The van der Waals surface area contributed by atoms with E-state index < -0.39 is 41.5 Å². The molecule has 0 fully saturated rings. The van der Waals surface area contributed by atoms with Crippen LogP contribution < -0.4 is 0 Å². The van der Waals surface area contributed by atoms with Gasteiger partial charge in [-0.2, -0.15) is 0 Å². The number of aliphatic carboxylic acids is 2. The Kier molecular flexibility index (Phi) is 5.36. The number of hydrogen-bond donors (Lipinski definition) is 2. The van der Waals surface area contributed by atoms with Crippen LogP contribution in [0.1, 0.15) is 32.3 Å². The quantitative estimate of drug-likeness (QED) is 0.281. The SMILES string of the molecule is CC1=CC(C(=O)O)(c2ccc(Br)cc2N=[N+]=[N-])CC(C(=O)O)(C(C)(F)F)C1. The summed E-state index contributed by atoms with van der Waals surface area (Å²) in [5, 5.41) is 23.1. The molecule has 1 aromatic rings. The van der Waals surface area contributed by atoms with Crippen molar-refractivity contribution in [1.29, 1.82) is 0 Å². The molecule has 2 rings (SSSR count). The number of benzene rings is 1. The molecule has 0 aromatic heterocycles. The van der Waals surface area contributed by atoms with E-state index in [-0.39, 0.29) is 16.8 Å². The van der Waals surface area contributed by atoms with Crippen molar-refractivity contribution in [2.45, 2.75) is 38.0 Å². The summed E-state index contributed by atoms with van der Waals surface area (Å²) in [6, 6.07) is 4.16. The van der Waals surface area contributed by atoms with Crippen LogP contribution in [0.2, 0.25) is 0 Å². The summed E-state index contributed by atoms with van der Waals surface area (Å²) >= 11 is 3.17. The molecule has 1 aliphatic rings. The lowest BCUT2D eigenvalue weighted by Gasteiger charge is -2.45. The number of hydrogen-bond acceptors (Lipinski definition) is 3. The molecule has 0 radical (unpaired) electrons. The van der Waals surface area contributed by atoms with Gasteiger partial charge in [0.15, 0.2) is 0 Å². The Bertz CT molecular complexity index is 893. The van der Waals surface area contributed by atoms with Gasteiger partial charge in [0.05, 0.1) is 0 Å². The average molecular weight is 444 g/mol. The number of rotatable bonds is 5. The lowest BCUT2D eigenvalue weighted by molar-refractivity contribution is -0.182. The lowest BCUT2D eigenvalue weighted by atomic mass is 9.58. The molecule has 0 bridgehead atoms. The number of azide groups is 1. The highest BCUT2D eigenvalue weighted by atomic mass is 79.9. The normalized spacial score (nSPS) is 25.3. The first kappa shape index (κ1) is 20.9. The number of alkyl halides is 2. The molecule has 0 heterocycles. The minimum atomic E-state index is -3.69. The van der Waals surface area contributed by atoms with Gasteiger partial charge >= 0.3 is 11.9 Å². The van der Waals surface area contributed by atoms with E-state index in [9.17, 15) is 28.6 Å². The highest BCUT2D eigenvalue weighted by Gasteiger charge is 2.63. The minimum absolute atomic E-state index is 0.0510. The molecule has 0 amide bonds. The fraction of sp³-hybridized carbons (Fsp3) is 0.412. The fourth-order valence-corrected chi connectivity index (χ4v) is 3.97. The van der Waals surface area contributed by atoms with Crippen LogP contribution in [0.4, 0.5) is 14.5 Å². The summed E-state index contributed by atoms with van der Waals surface area (Å²) in [4.78, 5) is 26.8. The van der Waals surface area contributed by atoms with Gasteiger partial charge < -0.3 is 10.2 Å². The van der Waals surface area contributed by atoms with Crippen molar-refractivity contribution in [3.05, 3.63) is 50.3 Å². The van der Waals surface area contributed by atoms with Crippen LogP contribution in [-0.2, 0) is 15.0 Å². The van der Waals surface area contributed by atoms with Gasteiger partial charge in [-0.3, -0.25) is 9.59 Å². The van der Waals surface area contributed by atoms with Gasteiger partial charge in [-0.05, 0) is 43.0 Å². The van der Waals surface area contributed by atoms with E-state index in [1.807, 2.05) is 0 Å². The topological polar surface area (TPSA) is 123 Å². The third-order valence-corrected chi connectivity index (χ3v) is 5.37. The van der Waals surface area contributed by atoms with E-state index in [4.69, 9.17) is 5.53 Å². The first-order chi connectivity index (χ1) is 12.4. The molecule has 0 aliphatic heterocycles. The Morgan fingerprint density at radius 2 is 1.96 bits per heavy atom. The molecule has 7 nitrogen and oxygen atoms in total. The van der Waals surface area contributed by atoms with E-state index in [2.05, 4.69) is 26.0 Å². The largest absolute Gasteiger partial charge is 0.481 e. The van der Waals surface area contributed by atoms with Crippen molar-refractivity contribution < 1.29 is 28.6 Å². The molecule has 0 saturated carbocycles. The third kappa shape index (κ3) is 3.42. The van der Waals surface area contributed by atoms with Gasteiger partial charge in [-0.25, -0.2) is 8.78 Å². The second-order valence-corrected chi connectivity index (χ2v) is 7.66. The standard InChI is InChI=1S/C17H16BrF2N3O4/c1-9-6-16(13(24)25,8-17(7-9,14(26)27)15(2,19)20)11-4-3-10(18)5-12(11)22-23-21/h3-6H,7-8H2,1-2H3,(H,24,25)(H,26,27). The molecule has 2 N–H and O–H groups in total. The molecule has 0 spiro atoms. The van der Waals surface area contributed by atoms with Crippen LogP contribution in [0.3, 0.4) is 0 Å². The number of halogens is 3. The number of allylic oxidation sites excluding steroid dienone is 1. The number of carbonyl (C=O) groups is 2. The van der Waals surface area contributed by atoms with Crippen LogP contribution in [-0.4, -0.2) is 28.1 Å². The summed E-state index contributed by atoms with van der Waals surface area (Å²) in [5.74, 6) is -6.98. The van der Waals surface area contributed by atoms with Gasteiger partial charge in [0.2, 0.25) is 0 Å². The van der Waals surface area contributed by atoms with Gasteiger partial charge in [0, 0.05) is 22.0 Å². The summed E-state index contributed by atoms with van der Waals surface area (Å²) in [6.45, 7) is 1.88. The maximum Gasteiger partial charge on any atom is 0.318 e. The third-order valence-electron chi connectivity index (χ3n) is 4.88. The van der Waals surface area contributed by atoms with Crippen LogP contribution >= 0.6 is 15.9 Å². The van der Waals surface area contributed by atoms with E-state index >= 15 is 0 Å². The molecule has 1 aromatic carbocycles. The highest BCUT2D eigenvalue weighted by Crippen LogP contribution is 2.55. The van der Waals surface area contributed by atoms with Gasteiger partial charge in [0.1, 0.15) is 10.8 Å². The first-order valence-corrected chi connectivity index (χ1v) is 8.57. The lowest BCUT2D eigenvalue weighted by Crippen LogP contribution is -2.54. The Hall–Kier alpha value is -2.45. The second-order valence-electron chi connectivity index (χ2n) is 6.75. The Morgan fingerprint density at radius 1 is 1.33 bits per heavy atom. The van der Waals surface area contributed by atoms with Crippen molar-refractivity contribution >= 4 is 33.6 Å². The van der Waals surface area contributed by atoms with Gasteiger partial charge in [-0.1, -0.05) is 38.8 Å². The molecule has 0 saturated heterocycles. The van der Waals surface area contributed by atoms with Crippen LogP contribution in [0, 0.1) is 5.41 Å². The summed E-state index contributed by atoms with van der Waals surface area (Å²) < 4.78 is 29.3. The summed E-state index contributed by atoms with van der Waals surface area (Å²) in [6.07, 6.45) is -0.114. The molecular weight excluding hydrogens is 428 g/mol. The minimum Gasteiger partial charge on any atom is -0.481 e. The smallest absolute Gasteiger partial charge is 0.318 e. The van der Waals surface area contributed by atoms with Crippen molar-refractivity contribution in [3.63, 3.8) is 0 Å². The second kappa shape index (κ2) is 6.94. The van der Waals surface area contributed by atoms with Crippen molar-refractivity contribution in [3.8, 4) is 0 Å². The fourth-order valence-electron chi connectivity index (χ4n) is 3.63. The number of carboxylic acids is 2. The van der Waals surface area contributed by atoms with Crippen molar-refractivity contribution in [1.82, 2.24) is 0 Å². The maximum atomic E-state index is 14.4. The molecular formula is C17H16BrF2N3O4. The molecule has 2 unspecified atom stereocenters. The van der Waals surface area contributed by atoms with E-state index in [1.165, 1.54) is 31.2 Å². The van der Waals surface area contributed by atoms with E-state index in [0.29, 0.717) is 11.4 Å². The van der Waals surface area contributed by atoms with Crippen LogP contribution in [0.5, 0.6) is 0 Å². The predicted octanol–water partition coefficient (Wildman–Crippen LogP) is 5.18. The monoisotopic (exact) mass is 443 g/mol. The Morgan fingerprint density at radius 3 is 2.44 bits per heavy atom. The number of carboxylic acid groups (broad SMARTS) is 2. The molecule has 10 heteroatoms. The average Bonchev–Trinajstić information content (AvgIpc) is 2.53. The molecule has 27 heavy (non-hydrogen) atoms. The van der Waals surface area contributed by atoms with Gasteiger partial charge in [0.25, 0.3) is 5.92 Å². The van der Waals surface area contributed by atoms with E-state index in [1.54, 1.807) is 0 Å². The summed E-state index contributed by atoms with van der Waals surface area (Å²) in [5.41, 5.74) is 4.14. The Labute approximate surface area is 161 Å². The molecule has 1 aliphatic carbocycles. The first-order valence-electron chi connectivity index (χ1n) is 7.78.